The predicted molar refractivity (Wildman–Crippen MR) is 72.0 cm³/mol. The fourth-order valence-electron chi connectivity index (χ4n) is 1.67. The van der Waals surface area contributed by atoms with E-state index < -0.39 is 0 Å². The van der Waals surface area contributed by atoms with Crippen LogP contribution in [-0.4, -0.2) is 9.91 Å². The SMILES string of the molecule is Cc1ccc([N+](=O)[O-])c(NC(C)c2nccs2)c1. The van der Waals surface area contributed by atoms with Gasteiger partial charge in [-0.15, -0.1) is 11.3 Å². The summed E-state index contributed by atoms with van der Waals surface area (Å²) in [7, 11) is 0. The molecular formula is C12H13N3O2S. The lowest BCUT2D eigenvalue weighted by molar-refractivity contribution is -0.384. The normalized spacial score (nSPS) is 12.1. The van der Waals surface area contributed by atoms with Crippen LogP contribution in [0.25, 0.3) is 0 Å². The minimum atomic E-state index is -0.379. The second-order valence-electron chi connectivity index (χ2n) is 4.01. The van der Waals surface area contributed by atoms with E-state index in [-0.39, 0.29) is 16.7 Å². The molecule has 0 saturated carbocycles. The summed E-state index contributed by atoms with van der Waals surface area (Å²) in [6.45, 7) is 3.84. The summed E-state index contributed by atoms with van der Waals surface area (Å²) in [6.07, 6.45) is 1.73. The van der Waals surface area contributed by atoms with Crippen molar-refractivity contribution in [3.8, 4) is 0 Å². The number of nitrogens with zero attached hydrogens (tertiary/aromatic N) is 2. The van der Waals surface area contributed by atoms with Crippen LogP contribution in [0.5, 0.6) is 0 Å². The first-order valence-corrected chi connectivity index (χ1v) is 6.37. The van der Waals surface area contributed by atoms with Gasteiger partial charge in [0.25, 0.3) is 5.69 Å². The standard InChI is InChI=1S/C12H13N3O2S/c1-8-3-4-11(15(16)17)10(7-8)14-9(2)12-13-5-6-18-12/h3-7,9,14H,1-2H3. The number of aryl methyl sites for hydroxylation is 1. The number of anilines is 1. The molecular weight excluding hydrogens is 250 g/mol. The molecule has 0 radical (unpaired) electrons. The lowest BCUT2D eigenvalue weighted by atomic mass is 10.2. The highest BCUT2D eigenvalue weighted by atomic mass is 32.1. The Balaban J connectivity index is 2.28. The Kier molecular flexibility index (Phi) is 3.57. The number of hydrogen-bond acceptors (Lipinski definition) is 5. The summed E-state index contributed by atoms with van der Waals surface area (Å²) in [5.41, 5.74) is 1.60. The predicted octanol–water partition coefficient (Wildman–Crippen LogP) is 3.53. The molecule has 0 bridgehead atoms. The fraction of sp³-hybridized carbons (Fsp3) is 0.250. The van der Waals surface area contributed by atoms with E-state index in [1.54, 1.807) is 18.3 Å². The van der Waals surface area contributed by atoms with Gasteiger partial charge in [-0.25, -0.2) is 4.98 Å². The maximum absolute atomic E-state index is 11.0. The van der Waals surface area contributed by atoms with Crippen LogP contribution in [0.15, 0.2) is 29.8 Å². The smallest absolute Gasteiger partial charge is 0.292 e. The summed E-state index contributed by atoms with van der Waals surface area (Å²) in [6, 6.07) is 4.98. The number of nitro groups is 1. The van der Waals surface area contributed by atoms with Gasteiger partial charge >= 0.3 is 0 Å². The van der Waals surface area contributed by atoms with E-state index >= 15 is 0 Å². The molecule has 0 amide bonds. The number of rotatable bonds is 4. The van der Waals surface area contributed by atoms with Crippen molar-refractivity contribution in [1.82, 2.24) is 4.98 Å². The highest BCUT2D eigenvalue weighted by Crippen LogP contribution is 2.29. The first-order valence-electron chi connectivity index (χ1n) is 5.49. The van der Waals surface area contributed by atoms with Crippen molar-refractivity contribution in [2.45, 2.75) is 19.9 Å². The second-order valence-corrected chi connectivity index (χ2v) is 4.94. The molecule has 2 aromatic rings. The van der Waals surface area contributed by atoms with Gasteiger partial charge in [0.1, 0.15) is 10.7 Å². The number of hydrogen-bond donors (Lipinski definition) is 1. The molecule has 5 nitrogen and oxygen atoms in total. The molecule has 0 aliphatic rings. The topological polar surface area (TPSA) is 68.1 Å². The van der Waals surface area contributed by atoms with E-state index in [0.29, 0.717) is 5.69 Å². The van der Waals surface area contributed by atoms with E-state index in [1.165, 1.54) is 17.4 Å². The zero-order valence-electron chi connectivity index (χ0n) is 10.1. The Morgan fingerprint density at radius 1 is 1.50 bits per heavy atom. The van der Waals surface area contributed by atoms with Crippen LogP contribution in [0.3, 0.4) is 0 Å². The zero-order chi connectivity index (χ0) is 13.1. The van der Waals surface area contributed by atoms with Gasteiger partial charge < -0.3 is 5.32 Å². The third kappa shape index (κ3) is 2.65. The number of nitro benzene ring substituents is 1. The highest BCUT2D eigenvalue weighted by Gasteiger charge is 2.16. The Labute approximate surface area is 109 Å². The largest absolute Gasteiger partial charge is 0.371 e. The van der Waals surface area contributed by atoms with Crippen LogP contribution >= 0.6 is 11.3 Å². The molecule has 94 valence electrons. The molecule has 0 spiro atoms. The Morgan fingerprint density at radius 3 is 2.89 bits per heavy atom. The van der Waals surface area contributed by atoms with E-state index in [1.807, 2.05) is 19.2 Å². The molecule has 0 fully saturated rings. The Hall–Kier alpha value is -1.95. The summed E-state index contributed by atoms with van der Waals surface area (Å²) in [5, 5.41) is 16.9. The number of thiazole rings is 1. The van der Waals surface area contributed by atoms with Crippen molar-refractivity contribution in [3.05, 3.63) is 50.5 Å². The van der Waals surface area contributed by atoms with E-state index in [0.717, 1.165) is 10.6 Å². The van der Waals surface area contributed by atoms with E-state index in [2.05, 4.69) is 10.3 Å². The quantitative estimate of drug-likeness (QED) is 0.676. The monoisotopic (exact) mass is 263 g/mol. The number of benzene rings is 1. The van der Waals surface area contributed by atoms with Gasteiger partial charge in [0, 0.05) is 17.6 Å². The van der Waals surface area contributed by atoms with Gasteiger partial charge in [-0.2, -0.15) is 0 Å². The Bertz CT molecular complexity index is 554. The van der Waals surface area contributed by atoms with Crippen molar-refractivity contribution < 1.29 is 4.92 Å². The van der Waals surface area contributed by atoms with Crippen molar-refractivity contribution in [1.29, 1.82) is 0 Å². The van der Waals surface area contributed by atoms with Crippen LogP contribution in [0.4, 0.5) is 11.4 Å². The van der Waals surface area contributed by atoms with Gasteiger partial charge in [0.05, 0.1) is 11.0 Å². The lowest BCUT2D eigenvalue weighted by Gasteiger charge is -2.13. The van der Waals surface area contributed by atoms with Crippen LogP contribution in [0.1, 0.15) is 23.5 Å². The molecule has 0 saturated heterocycles. The molecule has 1 N–H and O–H groups in total. The summed E-state index contributed by atoms with van der Waals surface area (Å²) in [5.74, 6) is 0. The maximum Gasteiger partial charge on any atom is 0.292 e. The summed E-state index contributed by atoms with van der Waals surface area (Å²) in [4.78, 5) is 14.8. The highest BCUT2D eigenvalue weighted by molar-refractivity contribution is 7.09. The summed E-state index contributed by atoms with van der Waals surface area (Å²) < 4.78 is 0. The average Bonchev–Trinajstić information content (AvgIpc) is 2.81. The van der Waals surface area contributed by atoms with Crippen molar-refractivity contribution in [2.75, 3.05) is 5.32 Å². The van der Waals surface area contributed by atoms with Crippen LogP contribution < -0.4 is 5.32 Å². The summed E-state index contributed by atoms with van der Waals surface area (Å²) >= 11 is 1.53. The molecule has 1 unspecified atom stereocenters. The lowest BCUT2D eigenvalue weighted by Crippen LogP contribution is -2.08. The third-order valence-corrected chi connectivity index (χ3v) is 3.50. The molecule has 0 aliphatic carbocycles. The van der Waals surface area contributed by atoms with Gasteiger partial charge in [0.2, 0.25) is 0 Å². The first-order chi connectivity index (χ1) is 8.58. The van der Waals surface area contributed by atoms with Crippen molar-refractivity contribution >= 4 is 22.7 Å². The van der Waals surface area contributed by atoms with Crippen molar-refractivity contribution in [2.24, 2.45) is 0 Å². The molecule has 1 atom stereocenters. The number of nitrogens with one attached hydrogen (secondary N) is 1. The minimum absolute atomic E-state index is 0.0505. The minimum Gasteiger partial charge on any atom is -0.371 e. The van der Waals surface area contributed by atoms with E-state index in [4.69, 9.17) is 0 Å². The van der Waals surface area contributed by atoms with Gasteiger partial charge in [-0.1, -0.05) is 6.07 Å². The average molecular weight is 263 g/mol. The van der Waals surface area contributed by atoms with Gasteiger partial charge in [-0.3, -0.25) is 10.1 Å². The molecule has 18 heavy (non-hydrogen) atoms. The maximum atomic E-state index is 11.0. The molecule has 1 aromatic heterocycles. The fourth-order valence-corrected chi connectivity index (χ4v) is 2.31. The molecule has 6 heteroatoms. The molecule has 2 rings (SSSR count). The zero-order valence-corrected chi connectivity index (χ0v) is 10.9. The van der Waals surface area contributed by atoms with Crippen molar-refractivity contribution in [3.63, 3.8) is 0 Å². The van der Waals surface area contributed by atoms with Gasteiger partial charge in [0.15, 0.2) is 0 Å². The Morgan fingerprint density at radius 2 is 2.28 bits per heavy atom. The van der Waals surface area contributed by atoms with Crippen LogP contribution in [-0.2, 0) is 0 Å². The molecule has 1 aromatic carbocycles. The molecule has 1 heterocycles. The van der Waals surface area contributed by atoms with E-state index in [9.17, 15) is 10.1 Å². The van der Waals surface area contributed by atoms with Gasteiger partial charge in [-0.05, 0) is 25.5 Å². The first kappa shape index (κ1) is 12.5. The van der Waals surface area contributed by atoms with Crippen LogP contribution in [0.2, 0.25) is 0 Å². The van der Waals surface area contributed by atoms with Crippen LogP contribution in [0, 0.1) is 17.0 Å². The second kappa shape index (κ2) is 5.14. The number of aromatic nitrogens is 1. The molecule has 0 aliphatic heterocycles. The third-order valence-electron chi connectivity index (χ3n) is 2.54.